The topological polar surface area (TPSA) is 119 Å². The third-order valence-corrected chi connectivity index (χ3v) is 6.58. The molecular weight excluding hydrogens is 444 g/mol. The van der Waals surface area contributed by atoms with Crippen LogP contribution >= 0.6 is 0 Å². The number of carbonyl (C=O) groups is 2. The minimum Gasteiger partial charge on any atom is -0.449 e. The molecule has 1 unspecified atom stereocenters. The summed E-state index contributed by atoms with van der Waals surface area (Å²) in [6, 6.07) is 11.8. The number of hydrogen-bond acceptors (Lipinski definition) is 7. The van der Waals surface area contributed by atoms with E-state index in [0.29, 0.717) is 22.5 Å². The lowest BCUT2D eigenvalue weighted by molar-refractivity contribution is -0.148. The molecule has 9 nitrogen and oxygen atoms in total. The maximum atomic E-state index is 12.5. The Morgan fingerprint density at radius 3 is 2.52 bits per heavy atom. The average Bonchev–Trinajstić information content (AvgIpc) is 2.78. The van der Waals surface area contributed by atoms with E-state index >= 15 is 0 Å². The molecule has 1 N–H and O–H groups in total. The van der Waals surface area contributed by atoms with Gasteiger partial charge in [-0.05, 0) is 49.8 Å². The van der Waals surface area contributed by atoms with Gasteiger partial charge in [0.05, 0.1) is 27.8 Å². The number of hydrogen-bond donors (Lipinski definition) is 1. The van der Waals surface area contributed by atoms with Gasteiger partial charge < -0.3 is 10.1 Å². The minimum absolute atomic E-state index is 0.0393. The van der Waals surface area contributed by atoms with Crippen molar-refractivity contribution < 1.29 is 22.7 Å². The molecule has 1 aromatic heterocycles. The number of nitrogens with one attached hydrogen (secondary N) is 1. The number of anilines is 1. The van der Waals surface area contributed by atoms with Crippen molar-refractivity contribution in [1.29, 1.82) is 0 Å². The van der Waals surface area contributed by atoms with Crippen LogP contribution in [0.5, 0.6) is 0 Å². The van der Waals surface area contributed by atoms with Crippen molar-refractivity contribution in [2.45, 2.75) is 24.8 Å². The normalized spacial score (nSPS) is 12.8. The Kier molecular flexibility index (Phi) is 7.19. The van der Waals surface area contributed by atoms with Crippen LogP contribution in [0.25, 0.3) is 17.1 Å². The highest BCUT2D eigenvalue weighted by Crippen LogP contribution is 2.22. The first-order valence-electron chi connectivity index (χ1n) is 10.0. The molecule has 1 amide bonds. The van der Waals surface area contributed by atoms with E-state index < -0.39 is 28.0 Å². The summed E-state index contributed by atoms with van der Waals surface area (Å²) in [5, 5.41) is 2.62. The van der Waals surface area contributed by atoms with Crippen LogP contribution in [0, 0.1) is 6.92 Å². The van der Waals surface area contributed by atoms with E-state index in [1.54, 1.807) is 13.0 Å². The molecule has 1 heterocycles. The van der Waals surface area contributed by atoms with E-state index in [-0.39, 0.29) is 4.90 Å². The molecule has 0 saturated carbocycles. The lowest BCUT2D eigenvalue weighted by Gasteiger charge is -2.16. The van der Waals surface area contributed by atoms with Gasteiger partial charge >= 0.3 is 5.97 Å². The smallest absolute Gasteiger partial charge is 0.331 e. The molecule has 0 aliphatic heterocycles. The lowest BCUT2D eigenvalue weighted by atomic mass is 10.2. The molecule has 0 aliphatic rings. The summed E-state index contributed by atoms with van der Waals surface area (Å²) in [5.74, 6) is -1.32. The van der Waals surface area contributed by atoms with Crippen molar-refractivity contribution in [3.05, 3.63) is 66.0 Å². The third-order valence-electron chi connectivity index (χ3n) is 4.77. The van der Waals surface area contributed by atoms with E-state index in [2.05, 4.69) is 15.3 Å². The fourth-order valence-corrected chi connectivity index (χ4v) is 3.74. The summed E-state index contributed by atoms with van der Waals surface area (Å²) >= 11 is 0. The molecular formula is C23H24N4O5S. The number of sulfonamides is 1. The number of para-hydroxylation sites is 2. The summed E-state index contributed by atoms with van der Waals surface area (Å²) in [7, 11) is -0.817. The first-order chi connectivity index (χ1) is 15.6. The Balaban J connectivity index is 1.65. The number of fused-ring (bicyclic) bond motifs is 1. The monoisotopic (exact) mass is 468 g/mol. The van der Waals surface area contributed by atoms with Gasteiger partial charge in [-0.25, -0.2) is 22.5 Å². The number of rotatable bonds is 7. The van der Waals surface area contributed by atoms with Crippen LogP contribution in [0.3, 0.4) is 0 Å². The molecule has 0 aliphatic carbocycles. The number of ether oxygens (including phenoxy) is 1. The van der Waals surface area contributed by atoms with E-state index in [1.165, 1.54) is 45.4 Å². The summed E-state index contributed by atoms with van der Waals surface area (Å²) in [6.45, 7) is 3.15. The van der Waals surface area contributed by atoms with Crippen LogP contribution in [0.4, 0.5) is 5.69 Å². The zero-order chi connectivity index (χ0) is 24.2. The number of nitrogens with zero attached hydrogens (tertiary/aromatic N) is 3. The first-order valence-corrected chi connectivity index (χ1v) is 11.5. The predicted octanol–water partition coefficient (Wildman–Crippen LogP) is 2.77. The number of amides is 1. The highest BCUT2D eigenvalue weighted by atomic mass is 32.2. The molecule has 172 valence electrons. The van der Waals surface area contributed by atoms with E-state index in [0.717, 1.165) is 15.9 Å². The van der Waals surface area contributed by atoms with Gasteiger partial charge in [0.15, 0.2) is 6.10 Å². The Bertz CT molecular complexity index is 1340. The zero-order valence-electron chi connectivity index (χ0n) is 18.6. The molecule has 2 aromatic carbocycles. The van der Waals surface area contributed by atoms with Gasteiger partial charge in [-0.15, -0.1) is 0 Å². The average molecular weight is 469 g/mol. The Morgan fingerprint density at radius 1 is 1.12 bits per heavy atom. The highest BCUT2D eigenvalue weighted by molar-refractivity contribution is 7.89. The number of carbonyl (C=O) groups excluding carboxylic acids is 2. The Morgan fingerprint density at radius 2 is 1.82 bits per heavy atom. The first kappa shape index (κ1) is 24.0. The zero-order valence-corrected chi connectivity index (χ0v) is 19.5. The molecule has 1 atom stereocenters. The van der Waals surface area contributed by atoms with Crippen LogP contribution < -0.4 is 5.32 Å². The van der Waals surface area contributed by atoms with Gasteiger partial charge in [-0.3, -0.25) is 9.78 Å². The summed E-state index contributed by atoms with van der Waals surface area (Å²) in [4.78, 5) is 33.4. The Labute approximate surface area is 192 Å². The fraction of sp³-hybridized carbons (Fsp3) is 0.217. The van der Waals surface area contributed by atoms with Gasteiger partial charge in [0.1, 0.15) is 0 Å². The lowest BCUT2D eigenvalue weighted by Crippen LogP contribution is -2.30. The van der Waals surface area contributed by atoms with Crippen molar-refractivity contribution in [2.75, 3.05) is 19.4 Å². The van der Waals surface area contributed by atoms with E-state index in [1.807, 2.05) is 24.3 Å². The van der Waals surface area contributed by atoms with Crippen LogP contribution in [-0.2, 0) is 24.3 Å². The van der Waals surface area contributed by atoms with Crippen molar-refractivity contribution in [3.63, 3.8) is 0 Å². The highest BCUT2D eigenvalue weighted by Gasteiger charge is 2.21. The van der Waals surface area contributed by atoms with Crippen molar-refractivity contribution in [2.24, 2.45) is 0 Å². The molecule has 33 heavy (non-hydrogen) atoms. The van der Waals surface area contributed by atoms with Crippen LogP contribution in [0.2, 0.25) is 0 Å². The van der Waals surface area contributed by atoms with Crippen LogP contribution in [0.1, 0.15) is 18.2 Å². The Hall–Kier alpha value is -3.63. The second-order valence-electron chi connectivity index (χ2n) is 7.45. The van der Waals surface area contributed by atoms with Gasteiger partial charge in [0, 0.05) is 25.9 Å². The predicted molar refractivity (Wildman–Crippen MR) is 125 cm³/mol. The summed E-state index contributed by atoms with van der Waals surface area (Å²) in [6.07, 6.45) is 3.03. The third kappa shape index (κ3) is 5.79. The molecule has 10 heteroatoms. The second kappa shape index (κ2) is 9.88. The molecule has 3 aromatic rings. The van der Waals surface area contributed by atoms with Gasteiger partial charge in [-0.2, -0.15) is 0 Å². The van der Waals surface area contributed by atoms with Gasteiger partial charge in [0.2, 0.25) is 10.0 Å². The SMILES string of the molecule is Cc1ccc(S(=O)(=O)N(C)C)cc1NC(=O)C(C)OC(=O)/C=C/c1cnc2ccccc2n1. The van der Waals surface area contributed by atoms with Gasteiger partial charge in [0.25, 0.3) is 5.91 Å². The second-order valence-corrected chi connectivity index (χ2v) is 9.60. The van der Waals surface area contributed by atoms with Gasteiger partial charge in [-0.1, -0.05) is 18.2 Å². The van der Waals surface area contributed by atoms with Crippen molar-refractivity contribution in [1.82, 2.24) is 14.3 Å². The van der Waals surface area contributed by atoms with Crippen LogP contribution in [0.15, 0.2) is 59.6 Å². The number of esters is 1. The quantitative estimate of drug-likeness (QED) is 0.418. The van der Waals surface area contributed by atoms with Crippen molar-refractivity contribution in [3.8, 4) is 0 Å². The standard InChI is InChI=1S/C23H24N4O5S/c1-15-9-11-18(33(30,31)27(3)4)13-21(15)26-23(29)16(2)32-22(28)12-10-17-14-24-19-7-5-6-8-20(19)25-17/h5-14,16H,1-4H3,(H,26,29)/b12-10+. The van der Waals surface area contributed by atoms with E-state index in [9.17, 15) is 18.0 Å². The molecule has 0 radical (unpaired) electrons. The molecule has 3 rings (SSSR count). The largest absolute Gasteiger partial charge is 0.449 e. The molecule has 0 bridgehead atoms. The summed E-state index contributed by atoms with van der Waals surface area (Å²) in [5.41, 5.74) is 2.87. The summed E-state index contributed by atoms with van der Waals surface area (Å²) < 4.78 is 30.9. The minimum atomic E-state index is -3.66. The molecule has 0 saturated heterocycles. The number of aryl methyl sites for hydroxylation is 1. The number of aromatic nitrogens is 2. The maximum absolute atomic E-state index is 12.5. The maximum Gasteiger partial charge on any atom is 0.331 e. The molecule has 0 fully saturated rings. The van der Waals surface area contributed by atoms with Crippen molar-refractivity contribution >= 4 is 44.7 Å². The number of benzene rings is 2. The van der Waals surface area contributed by atoms with Crippen LogP contribution in [-0.4, -0.2) is 54.8 Å². The van der Waals surface area contributed by atoms with E-state index in [4.69, 9.17) is 4.74 Å². The fourth-order valence-electron chi connectivity index (χ4n) is 2.81. The molecule has 0 spiro atoms.